The Morgan fingerprint density at radius 1 is 1.35 bits per heavy atom. The minimum atomic E-state index is -0.0510. The maximum atomic E-state index is 12.0. The first-order valence-corrected chi connectivity index (χ1v) is 5.81. The molecular formula is C13H15N3O. The smallest absolute Gasteiger partial charge is 0.330 e. The molecule has 3 rings (SSSR count). The Hall–Kier alpha value is -1.81. The number of hydrogen-bond acceptors (Lipinski definition) is 1. The molecule has 0 fully saturated rings. The van der Waals surface area contributed by atoms with Gasteiger partial charge in [0.1, 0.15) is 0 Å². The van der Waals surface area contributed by atoms with Gasteiger partial charge in [0.2, 0.25) is 0 Å². The molecular weight excluding hydrogens is 214 g/mol. The maximum absolute atomic E-state index is 12.0. The minimum absolute atomic E-state index is 0.0510. The van der Waals surface area contributed by atoms with Gasteiger partial charge in [0.25, 0.3) is 0 Å². The number of rotatable bonds is 1. The Kier molecular flexibility index (Phi) is 2.37. The van der Waals surface area contributed by atoms with Gasteiger partial charge in [-0.25, -0.2) is 4.79 Å². The summed E-state index contributed by atoms with van der Waals surface area (Å²) in [5.74, 6) is 0. The molecule has 0 saturated heterocycles. The van der Waals surface area contributed by atoms with Gasteiger partial charge in [0, 0.05) is 12.1 Å². The number of hydrogen-bond donors (Lipinski definition) is 2. The van der Waals surface area contributed by atoms with Gasteiger partial charge in [-0.3, -0.25) is 4.57 Å². The highest BCUT2D eigenvalue weighted by Crippen LogP contribution is 2.16. The second-order valence-corrected chi connectivity index (χ2v) is 4.43. The van der Waals surface area contributed by atoms with Crippen molar-refractivity contribution in [2.24, 2.45) is 0 Å². The van der Waals surface area contributed by atoms with E-state index in [2.05, 4.69) is 18.1 Å². The number of aromatic amines is 1. The minimum Gasteiger partial charge on any atom is -0.464 e. The van der Waals surface area contributed by atoms with E-state index in [0.717, 1.165) is 36.2 Å². The van der Waals surface area contributed by atoms with Gasteiger partial charge in [-0.1, -0.05) is 12.1 Å². The quantitative estimate of drug-likeness (QED) is 0.676. The molecule has 2 heterocycles. The number of aromatic nitrogens is 2. The van der Waals surface area contributed by atoms with Crippen LogP contribution >= 0.6 is 0 Å². The Balaban J connectivity index is 2.17. The van der Waals surface area contributed by atoms with Crippen molar-refractivity contribution in [3.63, 3.8) is 0 Å². The molecule has 1 atom stereocenters. The van der Waals surface area contributed by atoms with Gasteiger partial charge >= 0.3 is 5.69 Å². The molecule has 1 aliphatic rings. The van der Waals surface area contributed by atoms with Crippen LogP contribution < -0.4 is 10.6 Å². The Labute approximate surface area is 99.2 Å². The lowest BCUT2D eigenvalue weighted by Gasteiger charge is -2.25. The van der Waals surface area contributed by atoms with Crippen LogP contribution in [-0.4, -0.2) is 22.6 Å². The first-order valence-electron chi connectivity index (χ1n) is 5.81. The fraction of sp³-hybridized carbons (Fsp3) is 0.231. The highest BCUT2D eigenvalue weighted by atomic mass is 16.1. The summed E-state index contributed by atoms with van der Waals surface area (Å²) in [6.45, 7) is 1.85. The standard InChI is InChI=1S/C13H15N3O/c1-15-8-6-10(7-9-15)16-12-5-3-2-4-11(12)14-13(16)17/h2-6,15H,1,7-9H2,(H,14,17). The SMILES string of the molecule is [CH2-][NH+]1CC=C(n2c(=O)[nH]c3ccccc32)CC1. The van der Waals surface area contributed by atoms with E-state index in [0.29, 0.717) is 0 Å². The third-order valence-electron chi connectivity index (χ3n) is 3.24. The molecule has 2 aromatic rings. The Bertz CT molecular complexity index is 635. The molecule has 0 saturated carbocycles. The summed E-state index contributed by atoms with van der Waals surface area (Å²) >= 11 is 0. The highest BCUT2D eigenvalue weighted by Gasteiger charge is 2.14. The molecule has 1 aromatic heterocycles. The van der Waals surface area contributed by atoms with Crippen molar-refractivity contribution in [1.82, 2.24) is 9.55 Å². The molecule has 2 N–H and O–H groups in total. The molecule has 0 aliphatic carbocycles. The number of H-pyrrole nitrogens is 1. The number of nitrogens with one attached hydrogen (secondary N) is 2. The number of nitrogens with zero attached hydrogens (tertiary/aromatic N) is 1. The molecule has 0 radical (unpaired) electrons. The first-order chi connectivity index (χ1) is 8.25. The second kappa shape index (κ2) is 3.89. The monoisotopic (exact) mass is 229 g/mol. The van der Waals surface area contributed by atoms with Crippen molar-refractivity contribution in [1.29, 1.82) is 0 Å². The summed E-state index contributed by atoms with van der Waals surface area (Å²) in [5, 5.41) is 0. The number of benzene rings is 1. The van der Waals surface area contributed by atoms with Gasteiger partial charge in [-0.2, -0.15) is 7.05 Å². The molecule has 1 aromatic carbocycles. The normalized spacial score (nSPS) is 20.5. The van der Waals surface area contributed by atoms with Crippen LogP contribution in [0.15, 0.2) is 35.1 Å². The van der Waals surface area contributed by atoms with Crippen molar-refractivity contribution in [3.05, 3.63) is 47.9 Å². The van der Waals surface area contributed by atoms with Crippen LogP contribution in [0.1, 0.15) is 6.42 Å². The van der Waals surface area contributed by atoms with Crippen LogP contribution in [0.25, 0.3) is 16.7 Å². The highest BCUT2D eigenvalue weighted by molar-refractivity contribution is 5.79. The molecule has 0 amide bonds. The average Bonchev–Trinajstić information content (AvgIpc) is 2.66. The average molecular weight is 229 g/mol. The van der Waals surface area contributed by atoms with E-state index in [1.165, 1.54) is 4.90 Å². The third-order valence-corrected chi connectivity index (χ3v) is 3.24. The lowest BCUT2D eigenvalue weighted by atomic mass is 10.2. The van der Waals surface area contributed by atoms with E-state index in [-0.39, 0.29) is 5.69 Å². The summed E-state index contributed by atoms with van der Waals surface area (Å²) in [6.07, 6.45) is 2.99. The fourth-order valence-electron chi connectivity index (χ4n) is 2.31. The summed E-state index contributed by atoms with van der Waals surface area (Å²) < 4.78 is 1.78. The fourth-order valence-corrected chi connectivity index (χ4v) is 2.31. The first kappa shape index (κ1) is 10.4. The van der Waals surface area contributed by atoms with Crippen LogP contribution in [0.4, 0.5) is 0 Å². The Morgan fingerprint density at radius 3 is 2.94 bits per heavy atom. The van der Waals surface area contributed by atoms with E-state index in [4.69, 9.17) is 0 Å². The van der Waals surface area contributed by atoms with E-state index < -0.39 is 0 Å². The summed E-state index contributed by atoms with van der Waals surface area (Å²) in [7, 11) is 3.97. The van der Waals surface area contributed by atoms with E-state index in [9.17, 15) is 4.79 Å². The molecule has 17 heavy (non-hydrogen) atoms. The van der Waals surface area contributed by atoms with Gasteiger partial charge < -0.3 is 9.88 Å². The van der Waals surface area contributed by atoms with Crippen LogP contribution in [0, 0.1) is 7.05 Å². The molecule has 0 bridgehead atoms. The van der Waals surface area contributed by atoms with E-state index >= 15 is 0 Å². The van der Waals surface area contributed by atoms with Crippen molar-refractivity contribution in [2.75, 3.05) is 13.1 Å². The van der Waals surface area contributed by atoms with Crippen LogP contribution in [0.5, 0.6) is 0 Å². The zero-order chi connectivity index (χ0) is 11.8. The zero-order valence-electron chi connectivity index (χ0n) is 9.57. The summed E-state index contributed by atoms with van der Waals surface area (Å²) in [4.78, 5) is 16.1. The second-order valence-electron chi connectivity index (χ2n) is 4.43. The third kappa shape index (κ3) is 1.70. The lowest BCUT2D eigenvalue weighted by molar-refractivity contribution is -0.848. The van der Waals surface area contributed by atoms with Crippen molar-refractivity contribution < 1.29 is 4.90 Å². The summed E-state index contributed by atoms with van der Waals surface area (Å²) in [6, 6.07) is 7.78. The van der Waals surface area contributed by atoms with Gasteiger partial charge in [0.05, 0.1) is 24.1 Å². The van der Waals surface area contributed by atoms with Crippen molar-refractivity contribution in [3.8, 4) is 0 Å². The van der Waals surface area contributed by atoms with Crippen LogP contribution in [0.2, 0.25) is 0 Å². The topological polar surface area (TPSA) is 42.2 Å². The Morgan fingerprint density at radius 2 is 2.18 bits per heavy atom. The molecule has 4 heteroatoms. The largest absolute Gasteiger partial charge is 0.464 e. The summed E-state index contributed by atoms with van der Waals surface area (Å²) in [5.41, 5.74) is 2.88. The molecule has 4 nitrogen and oxygen atoms in total. The van der Waals surface area contributed by atoms with Gasteiger partial charge in [-0.15, -0.1) is 0 Å². The van der Waals surface area contributed by atoms with Crippen LogP contribution in [-0.2, 0) is 0 Å². The van der Waals surface area contributed by atoms with Crippen molar-refractivity contribution in [2.45, 2.75) is 6.42 Å². The van der Waals surface area contributed by atoms with Crippen LogP contribution in [0.3, 0.4) is 0 Å². The molecule has 1 aliphatic heterocycles. The predicted molar refractivity (Wildman–Crippen MR) is 67.5 cm³/mol. The molecule has 0 spiro atoms. The number of fused-ring (bicyclic) bond motifs is 1. The van der Waals surface area contributed by atoms with E-state index in [1.54, 1.807) is 4.57 Å². The lowest BCUT2D eigenvalue weighted by Crippen LogP contribution is -3.07. The predicted octanol–water partition coefficient (Wildman–Crippen LogP) is 0.251. The van der Waals surface area contributed by atoms with Gasteiger partial charge in [0.15, 0.2) is 0 Å². The number of para-hydroxylation sites is 2. The van der Waals surface area contributed by atoms with Crippen molar-refractivity contribution >= 4 is 16.7 Å². The number of imidazole rings is 1. The zero-order valence-corrected chi connectivity index (χ0v) is 9.57. The van der Waals surface area contributed by atoms with E-state index in [1.807, 2.05) is 24.3 Å². The maximum Gasteiger partial charge on any atom is 0.330 e. The number of quaternary nitrogens is 1. The molecule has 1 unspecified atom stereocenters. The molecule has 88 valence electrons. The van der Waals surface area contributed by atoms with Gasteiger partial charge in [-0.05, 0) is 18.2 Å².